The van der Waals surface area contributed by atoms with Crippen molar-refractivity contribution in [2.24, 2.45) is 5.41 Å². The molecule has 4 heteroatoms. The first-order valence-electron chi connectivity index (χ1n) is 11.9. The van der Waals surface area contributed by atoms with Crippen LogP contribution >= 0.6 is 15.8 Å². The molecule has 4 aromatic rings. The Bertz CT molecular complexity index is 1090. The first kappa shape index (κ1) is 25.4. The van der Waals surface area contributed by atoms with Crippen LogP contribution in [0.5, 0.6) is 11.5 Å². The Balaban J connectivity index is 1.66. The topological polar surface area (TPSA) is 18.5 Å². The van der Waals surface area contributed by atoms with Gasteiger partial charge in [-0.1, -0.05) is 98.8 Å². The molecule has 0 bridgehead atoms. The molecule has 0 atom stereocenters. The zero-order chi connectivity index (χ0) is 24.7. The number of hydrogen-bond donors (Lipinski definition) is 0. The Morgan fingerprint density at radius 3 is 1.11 bits per heavy atom. The molecular weight excluding hydrogens is 466 g/mol. The fraction of sp³-hybridized carbons (Fsp3) is 0.226. The van der Waals surface area contributed by atoms with Crippen molar-refractivity contribution in [3.8, 4) is 11.5 Å². The maximum Gasteiger partial charge on any atom is 0.118 e. The first-order valence-corrected chi connectivity index (χ1v) is 15.0. The molecule has 0 amide bonds. The van der Waals surface area contributed by atoms with E-state index in [1.54, 1.807) is 14.2 Å². The van der Waals surface area contributed by atoms with E-state index in [-0.39, 0.29) is 5.41 Å². The van der Waals surface area contributed by atoms with Gasteiger partial charge < -0.3 is 9.47 Å². The van der Waals surface area contributed by atoms with Crippen LogP contribution in [-0.4, -0.2) is 26.5 Å². The van der Waals surface area contributed by atoms with E-state index in [1.165, 1.54) is 21.2 Å². The predicted molar refractivity (Wildman–Crippen MR) is 155 cm³/mol. The van der Waals surface area contributed by atoms with Gasteiger partial charge in [0.25, 0.3) is 0 Å². The molecule has 0 radical (unpaired) electrons. The third-order valence-electron chi connectivity index (χ3n) is 6.08. The number of hydrogen-bond acceptors (Lipinski definition) is 2. The van der Waals surface area contributed by atoms with Gasteiger partial charge in [-0.3, -0.25) is 0 Å². The molecular formula is C31H34O2P2. The molecule has 0 aliphatic rings. The van der Waals surface area contributed by atoms with Crippen molar-refractivity contribution in [2.45, 2.75) is 13.8 Å². The van der Waals surface area contributed by atoms with Crippen LogP contribution in [0.25, 0.3) is 0 Å². The van der Waals surface area contributed by atoms with Crippen molar-refractivity contribution in [3.63, 3.8) is 0 Å². The molecule has 0 unspecified atom stereocenters. The number of rotatable bonds is 10. The zero-order valence-corrected chi connectivity index (χ0v) is 22.8. The van der Waals surface area contributed by atoms with Crippen LogP contribution in [0.1, 0.15) is 13.8 Å². The monoisotopic (exact) mass is 500 g/mol. The van der Waals surface area contributed by atoms with Gasteiger partial charge in [0, 0.05) is 0 Å². The molecule has 0 aliphatic carbocycles. The van der Waals surface area contributed by atoms with E-state index in [0.717, 1.165) is 23.8 Å². The van der Waals surface area contributed by atoms with Crippen molar-refractivity contribution in [1.29, 1.82) is 0 Å². The van der Waals surface area contributed by atoms with Crippen molar-refractivity contribution in [3.05, 3.63) is 109 Å². The summed E-state index contributed by atoms with van der Waals surface area (Å²) >= 11 is 0. The fourth-order valence-corrected chi connectivity index (χ4v) is 9.83. The van der Waals surface area contributed by atoms with Crippen LogP contribution < -0.4 is 30.7 Å². The number of methoxy groups -OCH3 is 2. The molecule has 4 aromatic carbocycles. The van der Waals surface area contributed by atoms with Gasteiger partial charge in [-0.05, 0) is 79.1 Å². The minimum absolute atomic E-state index is 0.142. The lowest BCUT2D eigenvalue weighted by atomic mass is 10.00. The summed E-state index contributed by atoms with van der Waals surface area (Å²) in [5.74, 6) is 1.80. The van der Waals surface area contributed by atoms with Gasteiger partial charge >= 0.3 is 0 Å². The molecule has 0 aromatic heterocycles. The Labute approximate surface area is 212 Å². The van der Waals surface area contributed by atoms with Crippen LogP contribution in [0.15, 0.2) is 109 Å². The van der Waals surface area contributed by atoms with E-state index in [0.29, 0.717) is 0 Å². The van der Waals surface area contributed by atoms with Gasteiger partial charge in [0.1, 0.15) is 11.5 Å². The highest BCUT2D eigenvalue weighted by Crippen LogP contribution is 2.47. The average Bonchev–Trinajstić information content (AvgIpc) is 2.92. The summed E-state index contributed by atoms with van der Waals surface area (Å²) in [6.07, 6.45) is 2.25. The van der Waals surface area contributed by atoms with Gasteiger partial charge in [-0.15, -0.1) is 0 Å². The van der Waals surface area contributed by atoms with Crippen LogP contribution in [0, 0.1) is 5.41 Å². The summed E-state index contributed by atoms with van der Waals surface area (Å²) < 4.78 is 10.9. The summed E-state index contributed by atoms with van der Waals surface area (Å²) in [6, 6.07) is 39.4. The molecule has 35 heavy (non-hydrogen) atoms. The van der Waals surface area contributed by atoms with E-state index >= 15 is 0 Å². The lowest BCUT2D eigenvalue weighted by molar-refractivity contribution is 0.415. The number of ether oxygens (including phenoxy) is 2. The smallest absolute Gasteiger partial charge is 0.118 e. The third-order valence-corrected chi connectivity index (χ3v) is 12.1. The van der Waals surface area contributed by atoms with Gasteiger partial charge in [0.2, 0.25) is 0 Å². The highest BCUT2D eigenvalue weighted by Gasteiger charge is 2.30. The van der Waals surface area contributed by atoms with E-state index < -0.39 is 15.8 Å². The van der Waals surface area contributed by atoms with E-state index in [9.17, 15) is 0 Å². The molecule has 0 spiro atoms. The molecule has 0 saturated carbocycles. The lowest BCUT2D eigenvalue weighted by Crippen LogP contribution is -2.29. The summed E-state index contributed by atoms with van der Waals surface area (Å²) in [6.45, 7) is 4.88. The molecule has 0 saturated heterocycles. The van der Waals surface area contributed by atoms with Crippen LogP contribution in [0.2, 0.25) is 0 Å². The van der Waals surface area contributed by atoms with Crippen molar-refractivity contribution in [1.82, 2.24) is 0 Å². The van der Waals surface area contributed by atoms with Crippen LogP contribution in [0.4, 0.5) is 0 Å². The summed E-state index contributed by atoms with van der Waals surface area (Å²) in [5.41, 5.74) is 0.142. The van der Waals surface area contributed by atoms with Gasteiger partial charge in [-0.25, -0.2) is 0 Å². The van der Waals surface area contributed by atoms with Gasteiger partial charge in [0.15, 0.2) is 0 Å². The highest BCUT2D eigenvalue weighted by atomic mass is 31.1. The minimum Gasteiger partial charge on any atom is -0.497 e. The largest absolute Gasteiger partial charge is 0.497 e. The second-order valence-corrected chi connectivity index (χ2v) is 13.8. The second-order valence-electron chi connectivity index (χ2n) is 9.40. The zero-order valence-electron chi connectivity index (χ0n) is 21.0. The minimum atomic E-state index is -0.543. The van der Waals surface area contributed by atoms with Crippen molar-refractivity contribution < 1.29 is 9.47 Å². The predicted octanol–water partition coefficient (Wildman–Crippen LogP) is 6.30. The Morgan fingerprint density at radius 1 is 0.486 bits per heavy atom. The van der Waals surface area contributed by atoms with Crippen LogP contribution in [-0.2, 0) is 0 Å². The normalized spacial score (nSPS) is 11.6. The summed E-state index contributed by atoms with van der Waals surface area (Å²) in [7, 11) is 2.45. The molecule has 2 nitrogen and oxygen atoms in total. The molecule has 0 heterocycles. The van der Waals surface area contributed by atoms with Crippen LogP contribution in [0.3, 0.4) is 0 Å². The van der Waals surface area contributed by atoms with Gasteiger partial charge in [-0.2, -0.15) is 0 Å². The Kier molecular flexibility index (Phi) is 8.61. The molecule has 180 valence electrons. The third kappa shape index (κ3) is 6.72. The van der Waals surface area contributed by atoms with Crippen molar-refractivity contribution >= 4 is 37.1 Å². The van der Waals surface area contributed by atoms with E-state index in [2.05, 4.69) is 123 Å². The van der Waals surface area contributed by atoms with E-state index in [4.69, 9.17) is 9.47 Å². The highest BCUT2D eigenvalue weighted by molar-refractivity contribution is 7.74. The quantitative estimate of drug-likeness (QED) is 0.238. The summed E-state index contributed by atoms with van der Waals surface area (Å²) in [4.78, 5) is 0. The van der Waals surface area contributed by atoms with Gasteiger partial charge in [0.05, 0.1) is 14.2 Å². The molecule has 0 N–H and O–H groups in total. The number of benzene rings is 4. The standard InChI is InChI=1S/C31H34O2P2/c1-31(2,23-34(27-11-7-5-8-12-27)28-13-9-6-10-14-28)24-35(29-19-15-25(32-3)16-20-29)30-21-17-26(33-4)18-22-30/h5-22H,23-24H2,1-4H3. The maximum atomic E-state index is 5.43. The Morgan fingerprint density at radius 2 is 0.800 bits per heavy atom. The summed E-state index contributed by atoms with van der Waals surface area (Å²) in [5, 5.41) is 5.64. The average molecular weight is 501 g/mol. The Hall–Kier alpha value is -2.66. The van der Waals surface area contributed by atoms with Crippen molar-refractivity contribution in [2.75, 3.05) is 26.5 Å². The SMILES string of the molecule is COc1ccc(P(CC(C)(C)CP(c2ccccc2)c2ccccc2)c2ccc(OC)cc2)cc1. The van der Waals surface area contributed by atoms with E-state index in [1.807, 2.05) is 0 Å². The first-order chi connectivity index (χ1) is 17.0. The molecule has 0 fully saturated rings. The maximum absolute atomic E-state index is 5.43. The molecule has 0 aliphatic heterocycles. The second kappa shape index (κ2) is 11.9. The molecule has 4 rings (SSSR count). The lowest BCUT2D eigenvalue weighted by Gasteiger charge is -2.34. The fourth-order valence-electron chi connectivity index (χ4n) is 4.31.